The molecule has 0 saturated carbocycles. The van der Waals surface area contributed by atoms with Crippen molar-refractivity contribution in [3.05, 3.63) is 0 Å². The average molecular weight is 160 g/mol. The van der Waals surface area contributed by atoms with E-state index in [1.807, 2.05) is 0 Å². The van der Waals surface area contributed by atoms with Crippen molar-refractivity contribution in [3.8, 4) is 0 Å². The van der Waals surface area contributed by atoms with Crippen LogP contribution < -0.4 is 11.5 Å². The molecule has 2 amide bonds. The molecule has 0 aromatic heterocycles. The maximum absolute atomic E-state index is 10.5. The zero-order valence-electron chi connectivity index (χ0n) is 6.28. The summed E-state index contributed by atoms with van der Waals surface area (Å²) < 4.78 is 0. The van der Waals surface area contributed by atoms with Gasteiger partial charge < -0.3 is 16.6 Å². The van der Waals surface area contributed by atoms with E-state index in [-0.39, 0.29) is 6.42 Å². The highest BCUT2D eigenvalue weighted by Crippen LogP contribution is 2.04. The van der Waals surface area contributed by atoms with E-state index in [0.29, 0.717) is 0 Å². The molecule has 1 unspecified atom stereocenters. The van der Waals surface area contributed by atoms with Gasteiger partial charge in [0.1, 0.15) is 5.92 Å². The third kappa shape index (κ3) is 3.57. The summed E-state index contributed by atoms with van der Waals surface area (Å²) in [6.45, 7) is 1.46. The van der Waals surface area contributed by atoms with E-state index in [1.165, 1.54) is 6.92 Å². The fourth-order valence-corrected chi connectivity index (χ4v) is 0.714. The second-order valence-corrected chi connectivity index (χ2v) is 2.44. The summed E-state index contributed by atoms with van der Waals surface area (Å²) in [4.78, 5) is 21.0. The average Bonchev–Trinajstić information content (AvgIpc) is 1.81. The van der Waals surface area contributed by atoms with E-state index in [2.05, 4.69) is 0 Å². The molecular weight excluding hydrogens is 148 g/mol. The highest BCUT2D eigenvalue weighted by atomic mass is 16.3. The van der Waals surface area contributed by atoms with Gasteiger partial charge in [-0.15, -0.1) is 0 Å². The summed E-state index contributed by atoms with van der Waals surface area (Å²) in [5, 5.41) is 8.80. The maximum atomic E-state index is 10.5. The first kappa shape index (κ1) is 9.90. The molecule has 5 heteroatoms. The number of hydrogen-bond acceptors (Lipinski definition) is 3. The predicted molar refractivity (Wildman–Crippen MR) is 38.2 cm³/mol. The van der Waals surface area contributed by atoms with Gasteiger partial charge in [-0.2, -0.15) is 0 Å². The Morgan fingerprint density at radius 1 is 1.36 bits per heavy atom. The minimum Gasteiger partial charge on any atom is -0.393 e. The van der Waals surface area contributed by atoms with Crippen molar-refractivity contribution < 1.29 is 14.7 Å². The molecule has 0 saturated heterocycles. The lowest BCUT2D eigenvalue weighted by atomic mass is 10.0. The topological polar surface area (TPSA) is 106 Å². The van der Waals surface area contributed by atoms with Crippen LogP contribution >= 0.6 is 0 Å². The number of rotatable bonds is 4. The first-order valence-electron chi connectivity index (χ1n) is 3.21. The van der Waals surface area contributed by atoms with Crippen LogP contribution in [0.3, 0.4) is 0 Å². The number of carbonyl (C=O) groups excluding carboxylic acids is 2. The monoisotopic (exact) mass is 160 g/mol. The molecular formula is C6H12N2O3. The Morgan fingerprint density at radius 2 is 1.73 bits per heavy atom. The van der Waals surface area contributed by atoms with Gasteiger partial charge in [0.2, 0.25) is 11.8 Å². The van der Waals surface area contributed by atoms with Crippen LogP contribution in [-0.2, 0) is 9.59 Å². The second-order valence-electron chi connectivity index (χ2n) is 2.44. The smallest absolute Gasteiger partial charge is 0.230 e. The van der Waals surface area contributed by atoms with Gasteiger partial charge in [-0.05, 0) is 13.3 Å². The zero-order chi connectivity index (χ0) is 9.02. The molecule has 0 radical (unpaired) electrons. The Bertz CT molecular complexity index is 153. The van der Waals surface area contributed by atoms with Crippen molar-refractivity contribution in [1.82, 2.24) is 0 Å². The van der Waals surface area contributed by atoms with Gasteiger partial charge in [0.15, 0.2) is 0 Å². The largest absolute Gasteiger partial charge is 0.393 e. The first-order valence-corrected chi connectivity index (χ1v) is 3.21. The van der Waals surface area contributed by atoms with E-state index in [0.717, 1.165) is 0 Å². The molecule has 0 fully saturated rings. The minimum absolute atomic E-state index is 0.00926. The van der Waals surface area contributed by atoms with Crippen LogP contribution in [0.25, 0.3) is 0 Å². The number of aliphatic hydroxyl groups excluding tert-OH is 1. The van der Waals surface area contributed by atoms with E-state index in [4.69, 9.17) is 16.6 Å². The lowest BCUT2D eigenvalue weighted by Crippen LogP contribution is -2.36. The van der Waals surface area contributed by atoms with E-state index >= 15 is 0 Å². The van der Waals surface area contributed by atoms with Gasteiger partial charge in [0.25, 0.3) is 0 Å². The molecule has 0 aromatic rings. The summed E-state index contributed by atoms with van der Waals surface area (Å²) in [6, 6.07) is 0. The molecule has 0 aromatic carbocycles. The van der Waals surface area contributed by atoms with E-state index in [9.17, 15) is 9.59 Å². The number of amides is 2. The van der Waals surface area contributed by atoms with Crippen molar-refractivity contribution in [2.45, 2.75) is 19.4 Å². The van der Waals surface area contributed by atoms with Crippen LogP contribution in [-0.4, -0.2) is 23.0 Å². The maximum Gasteiger partial charge on any atom is 0.230 e. The molecule has 0 heterocycles. The van der Waals surface area contributed by atoms with Crippen molar-refractivity contribution in [1.29, 1.82) is 0 Å². The third-order valence-corrected chi connectivity index (χ3v) is 1.26. The van der Waals surface area contributed by atoms with Gasteiger partial charge in [-0.25, -0.2) is 0 Å². The SMILES string of the molecule is CC(O)CC(C(N)=O)C(N)=O. The van der Waals surface area contributed by atoms with Crippen LogP contribution in [0, 0.1) is 5.92 Å². The van der Waals surface area contributed by atoms with Crippen LogP contribution in [0.5, 0.6) is 0 Å². The van der Waals surface area contributed by atoms with Crippen molar-refractivity contribution in [3.63, 3.8) is 0 Å². The number of hydrogen-bond donors (Lipinski definition) is 3. The van der Waals surface area contributed by atoms with Crippen molar-refractivity contribution >= 4 is 11.8 Å². The fourth-order valence-electron chi connectivity index (χ4n) is 0.714. The molecule has 1 atom stereocenters. The van der Waals surface area contributed by atoms with Gasteiger partial charge >= 0.3 is 0 Å². The molecule has 64 valence electrons. The van der Waals surface area contributed by atoms with Crippen LogP contribution in [0.2, 0.25) is 0 Å². The summed E-state index contributed by atoms with van der Waals surface area (Å²) in [6.07, 6.45) is -0.759. The molecule has 5 nitrogen and oxygen atoms in total. The quantitative estimate of drug-likeness (QED) is 0.428. The molecule has 0 spiro atoms. The normalized spacial score (nSPS) is 13.0. The number of aliphatic hydroxyl groups is 1. The number of primary amides is 2. The van der Waals surface area contributed by atoms with Gasteiger partial charge in [0, 0.05) is 0 Å². The van der Waals surface area contributed by atoms with Gasteiger partial charge in [-0.3, -0.25) is 9.59 Å². The zero-order valence-corrected chi connectivity index (χ0v) is 6.28. The Kier molecular flexibility index (Phi) is 3.53. The Balaban J connectivity index is 4.12. The molecule has 0 bridgehead atoms. The van der Waals surface area contributed by atoms with Gasteiger partial charge in [-0.1, -0.05) is 0 Å². The van der Waals surface area contributed by atoms with Crippen LogP contribution in [0.1, 0.15) is 13.3 Å². The summed E-state index contributed by atoms with van der Waals surface area (Å²) in [7, 11) is 0. The Labute approximate surface area is 64.4 Å². The third-order valence-electron chi connectivity index (χ3n) is 1.26. The van der Waals surface area contributed by atoms with Crippen molar-refractivity contribution in [2.75, 3.05) is 0 Å². The molecule has 5 N–H and O–H groups in total. The summed E-state index contributed by atoms with van der Waals surface area (Å²) in [5.74, 6) is -2.65. The van der Waals surface area contributed by atoms with E-state index in [1.54, 1.807) is 0 Å². The first-order chi connectivity index (χ1) is 4.95. The lowest BCUT2D eigenvalue weighted by Gasteiger charge is -2.10. The summed E-state index contributed by atoms with van der Waals surface area (Å²) >= 11 is 0. The van der Waals surface area contributed by atoms with Crippen molar-refractivity contribution in [2.24, 2.45) is 17.4 Å². The predicted octanol–water partition coefficient (Wildman–Crippen LogP) is -1.66. The molecule has 0 rings (SSSR count). The molecule has 11 heavy (non-hydrogen) atoms. The summed E-state index contributed by atoms with van der Waals surface area (Å²) in [5.41, 5.74) is 9.67. The highest BCUT2D eigenvalue weighted by molar-refractivity contribution is 5.98. The number of carbonyl (C=O) groups is 2. The standard InChI is InChI=1S/C6H12N2O3/c1-3(9)2-4(5(7)10)6(8)11/h3-4,9H,2H2,1H3,(H2,7,10)(H2,8,11). The lowest BCUT2D eigenvalue weighted by molar-refractivity contribution is -0.132. The highest BCUT2D eigenvalue weighted by Gasteiger charge is 2.22. The molecule has 0 aliphatic carbocycles. The molecule has 0 aliphatic rings. The fraction of sp³-hybridized carbons (Fsp3) is 0.667. The van der Waals surface area contributed by atoms with E-state index < -0.39 is 23.8 Å². The second kappa shape index (κ2) is 3.92. The minimum atomic E-state index is -1.06. The van der Waals surface area contributed by atoms with Crippen LogP contribution in [0.4, 0.5) is 0 Å². The Morgan fingerprint density at radius 3 is 1.82 bits per heavy atom. The molecule has 0 aliphatic heterocycles. The van der Waals surface area contributed by atoms with Gasteiger partial charge in [0.05, 0.1) is 6.10 Å². The number of nitrogens with two attached hydrogens (primary N) is 2. The van der Waals surface area contributed by atoms with Crippen LogP contribution in [0.15, 0.2) is 0 Å². The Hall–Kier alpha value is -1.10.